The third-order valence-electron chi connectivity index (χ3n) is 5.98. The molecule has 0 atom stereocenters. The average molecular weight is 517 g/mol. The van der Waals surface area contributed by atoms with Gasteiger partial charge in [0, 0.05) is 0 Å². The summed E-state index contributed by atoms with van der Waals surface area (Å²) in [5, 5.41) is 0. The van der Waals surface area contributed by atoms with Crippen LogP contribution in [0.4, 0.5) is 0 Å². The second-order valence-electron chi connectivity index (χ2n) is 8.94. The number of ether oxygens (including phenoxy) is 3. The number of rotatable bonds is 12. The second-order valence-corrected chi connectivity index (χ2v) is 8.94. The summed E-state index contributed by atoms with van der Waals surface area (Å²) < 4.78 is 16.7. The SMILES string of the molecule is CCOc1ccc(/C=C/c2cc(/C=C/c3ccc(OCC)cc3)cc(/C=C/c3ccc(OCC)cc3)c2)cc1. The van der Waals surface area contributed by atoms with E-state index in [2.05, 4.69) is 91.1 Å². The van der Waals surface area contributed by atoms with Gasteiger partial charge in [0.1, 0.15) is 17.2 Å². The Morgan fingerprint density at radius 1 is 0.359 bits per heavy atom. The molecule has 0 fully saturated rings. The van der Waals surface area contributed by atoms with Crippen molar-refractivity contribution in [2.75, 3.05) is 19.8 Å². The van der Waals surface area contributed by atoms with E-state index in [1.165, 1.54) is 0 Å². The second kappa shape index (κ2) is 14.4. The maximum absolute atomic E-state index is 5.57. The van der Waals surface area contributed by atoms with Gasteiger partial charge in [0.2, 0.25) is 0 Å². The van der Waals surface area contributed by atoms with Gasteiger partial charge in [-0.2, -0.15) is 0 Å². The van der Waals surface area contributed by atoms with E-state index >= 15 is 0 Å². The maximum atomic E-state index is 5.57. The highest BCUT2D eigenvalue weighted by Gasteiger charge is 1.99. The van der Waals surface area contributed by atoms with E-state index in [0.717, 1.165) is 50.6 Å². The lowest BCUT2D eigenvalue weighted by atomic mass is 10.0. The Kier molecular flexibility index (Phi) is 10.2. The molecule has 3 nitrogen and oxygen atoms in total. The van der Waals surface area contributed by atoms with E-state index < -0.39 is 0 Å². The van der Waals surface area contributed by atoms with E-state index in [-0.39, 0.29) is 0 Å². The molecule has 0 bridgehead atoms. The zero-order valence-electron chi connectivity index (χ0n) is 23.0. The monoisotopic (exact) mass is 516 g/mol. The standard InChI is InChI=1S/C36H36O3/c1-4-37-34-19-13-28(14-20-34)7-10-31-25-32(11-8-29-15-21-35(22-16-29)38-5-2)27-33(26-31)12-9-30-17-23-36(24-18-30)39-6-3/h7-27H,4-6H2,1-3H3/b10-7+,11-8+,12-9+. The van der Waals surface area contributed by atoms with Gasteiger partial charge in [0.05, 0.1) is 19.8 Å². The van der Waals surface area contributed by atoms with Gasteiger partial charge in [-0.3, -0.25) is 0 Å². The molecular formula is C36H36O3. The minimum absolute atomic E-state index is 0.666. The molecule has 0 saturated heterocycles. The molecule has 198 valence electrons. The lowest BCUT2D eigenvalue weighted by Gasteiger charge is -2.05. The molecule has 0 unspecified atom stereocenters. The topological polar surface area (TPSA) is 27.7 Å². The summed E-state index contributed by atoms with van der Waals surface area (Å²) in [5.41, 5.74) is 6.76. The Hall–Kier alpha value is -4.50. The molecule has 0 radical (unpaired) electrons. The van der Waals surface area contributed by atoms with Gasteiger partial charge in [-0.1, -0.05) is 72.9 Å². The predicted octanol–water partition coefficient (Wildman–Crippen LogP) is 9.39. The molecule has 39 heavy (non-hydrogen) atoms. The van der Waals surface area contributed by atoms with E-state index in [0.29, 0.717) is 19.8 Å². The quantitative estimate of drug-likeness (QED) is 0.176. The molecule has 0 aromatic heterocycles. The van der Waals surface area contributed by atoms with E-state index in [4.69, 9.17) is 14.2 Å². The zero-order chi connectivity index (χ0) is 27.3. The van der Waals surface area contributed by atoms with E-state index in [1.54, 1.807) is 0 Å². The van der Waals surface area contributed by atoms with Crippen molar-refractivity contribution in [3.63, 3.8) is 0 Å². The number of hydrogen-bond donors (Lipinski definition) is 0. The van der Waals surface area contributed by atoms with Crippen LogP contribution in [0.3, 0.4) is 0 Å². The van der Waals surface area contributed by atoms with Crippen molar-refractivity contribution < 1.29 is 14.2 Å². The molecule has 0 spiro atoms. The number of benzene rings is 4. The predicted molar refractivity (Wildman–Crippen MR) is 166 cm³/mol. The van der Waals surface area contributed by atoms with Crippen LogP contribution in [0.15, 0.2) is 91.0 Å². The van der Waals surface area contributed by atoms with Crippen LogP contribution in [0.1, 0.15) is 54.2 Å². The largest absolute Gasteiger partial charge is 0.494 e. The van der Waals surface area contributed by atoms with Crippen LogP contribution in [0.5, 0.6) is 17.2 Å². The minimum Gasteiger partial charge on any atom is -0.494 e. The fraction of sp³-hybridized carbons (Fsp3) is 0.167. The Morgan fingerprint density at radius 2 is 0.590 bits per heavy atom. The number of hydrogen-bond acceptors (Lipinski definition) is 3. The van der Waals surface area contributed by atoms with Crippen LogP contribution in [0, 0.1) is 0 Å². The zero-order valence-corrected chi connectivity index (χ0v) is 23.0. The lowest BCUT2D eigenvalue weighted by Crippen LogP contribution is -1.90. The summed E-state index contributed by atoms with van der Waals surface area (Å²) in [6.45, 7) is 7.98. The highest BCUT2D eigenvalue weighted by molar-refractivity contribution is 5.79. The Balaban J connectivity index is 1.58. The van der Waals surface area contributed by atoms with Gasteiger partial charge in [-0.15, -0.1) is 0 Å². The van der Waals surface area contributed by atoms with Gasteiger partial charge in [0.25, 0.3) is 0 Å². The fourth-order valence-electron chi connectivity index (χ4n) is 4.09. The molecule has 0 saturated carbocycles. The van der Waals surface area contributed by atoms with Crippen LogP contribution in [0.2, 0.25) is 0 Å². The summed E-state index contributed by atoms with van der Waals surface area (Å²) in [4.78, 5) is 0. The molecule has 0 aliphatic rings. The van der Waals surface area contributed by atoms with E-state index in [9.17, 15) is 0 Å². The first kappa shape index (κ1) is 27.5. The van der Waals surface area contributed by atoms with Gasteiger partial charge in [-0.25, -0.2) is 0 Å². The third kappa shape index (κ3) is 8.79. The van der Waals surface area contributed by atoms with Crippen molar-refractivity contribution in [3.8, 4) is 17.2 Å². The molecule has 4 aromatic carbocycles. The fourth-order valence-corrected chi connectivity index (χ4v) is 4.09. The summed E-state index contributed by atoms with van der Waals surface area (Å²) in [6.07, 6.45) is 12.8. The van der Waals surface area contributed by atoms with Crippen LogP contribution in [-0.2, 0) is 0 Å². The first-order valence-electron chi connectivity index (χ1n) is 13.5. The smallest absolute Gasteiger partial charge is 0.119 e. The highest BCUT2D eigenvalue weighted by atomic mass is 16.5. The summed E-state index contributed by atoms with van der Waals surface area (Å²) in [6, 6.07) is 31.1. The van der Waals surface area contributed by atoms with Crippen molar-refractivity contribution in [2.45, 2.75) is 20.8 Å². The molecule has 0 aliphatic carbocycles. The van der Waals surface area contributed by atoms with E-state index in [1.807, 2.05) is 57.2 Å². The molecule has 0 heterocycles. The van der Waals surface area contributed by atoms with Crippen molar-refractivity contribution in [3.05, 3.63) is 124 Å². The minimum atomic E-state index is 0.666. The Labute approximate surface area is 232 Å². The van der Waals surface area contributed by atoms with Gasteiger partial charge in [-0.05, 0) is 109 Å². The molecule has 0 aliphatic heterocycles. The summed E-state index contributed by atoms with van der Waals surface area (Å²) >= 11 is 0. The lowest BCUT2D eigenvalue weighted by molar-refractivity contribution is 0.340. The molecule has 4 rings (SSSR count). The van der Waals surface area contributed by atoms with Crippen LogP contribution in [-0.4, -0.2) is 19.8 Å². The molecule has 0 N–H and O–H groups in total. The van der Waals surface area contributed by atoms with Crippen LogP contribution < -0.4 is 14.2 Å². The van der Waals surface area contributed by atoms with Crippen LogP contribution >= 0.6 is 0 Å². The maximum Gasteiger partial charge on any atom is 0.119 e. The van der Waals surface area contributed by atoms with Crippen molar-refractivity contribution >= 4 is 36.5 Å². The Bertz CT molecular complexity index is 1210. The van der Waals surface area contributed by atoms with Crippen LogP contribution in [0.25, 0.3) is 36.5 Å². The van der Waals surface area contributed by atoms with Crippen molar-refractivity contribution in [1.29, 1.82) is 0 Å². The summed E-state index contributed by atoms with van der Waals surface area (Å²) in [5.74, 6) is 2.66. The summed E-state index contributed by atoms with van der Waals surface area (Å²) in [7, 11) is 0. The Morgan fingerprint density at radius 3 is 0.821 bits per heavy atom. The first-order valence-corrected chi connectivity index (χ1v) is 13.5. The first-order chi connectivity index (χ1) is 19.1. The molecule has 0 amide bonds. The average Bonchev–Trinajstić information content (AvgIpc) is 2.97. The molecule has 3 heteroatoms. The van der Waals surface area contributed by atoms with Gasteiger partial charge >= 0.3 is 0 Å². The highest BCUT2D eigenvalue weighted by Crippen LogP contribution is 2.21. The third-order valence-corrected chi connectivity index (χ3v) is 5.98. The van der Waals surface area contributed by atoms with Crippen molar-refractivity contribution in [2.24, 2.45) is 0 Å². The van der Waals surface area contributed by atoms with Gasteiger partial charge in [0.15, 0.2) is 0 Å². The molecular weight excluding hydrogens is 480 g/mol. The van der Waals surface area contributed by atoms with Crippen molar-refractivity contribution in [1.82, 2.24) is 0 Å². The normalized spacial score (nSPS) is 11.5. The van der Waals surface area contributed by atoms with Gasteiger partial charge < -0.3 is 14.2 Å². The molecule has 4 aromatic rings.